The number of rotatable bonds is 3. The topological polar surface area (TPSA) is 126 Å². The molecule has 9 heteroatoms. The third-order valence-electron chi connectivity index (χ3n) is 8.77. The highest BCUT2D eigenvalue weighted by Gasteiger charge is 2.33. The molecular formula is C29H36N6O3. The molecule has 4 aliphatic rings. The number of primary amides is 1. The number of aromatic nitrogens is 3. The number of piperidine rings is 2. The first-order chi connectivity index (χ1) is 18.5. The van der Waals surface area contributed by atoms with Crippen LogP contribution in [0.1, 0.15) is 74.2 Å². The van der Waals surface area contributed by atoms with Crippen LogP contribution in [-0.2, 0) is 0 Å². The minimum atomic E-state index is -0.842. The third-order valence-corrected chi connectivity index (χ3v) is 8.77. The van der Waals surface area contributed by atoms with E-state index in [1.165, 1.54) is 57.5 Å². The van der Waals surface area contributed by atoms with E-state index in [1.54, 1.807) is 0 Å². The van der Waals surface area contributed by atoms with Gasteiger partial charge in [-0.1, -0.05) is 18.6 Å². The van der Waals surface area contributed by atoms with Gasteiger partial charge >= 0.3 is 0 Å². The largest absolute Gasteiger partial charge is 0.365 e. The lowest BCUT2D eigenvalue weighted by Crippen LogP contribution is -2.50. The fourth-order valence-corrected chi connectivity index (χ4v) is 7.00. The molecular weight excluding hydrogens is 480 g/mol. The van der Waals surface area contributed by atoms with Crippen LogP contribution >= 0.6 is 0 Å². The first-order valence-corrected chi connectivity index (χ1v) is 14.0. The molecule has 4 N–H and O–H groups in total. The van der Waals surface area contributed by atoms with Gasteiger partial charge in [0, 0.05) is 35.9 Å². The molecule has 7 rings (SSSR count). The summed E-state index contributed by atoms with van der Waals surface area (Å²) in [7, 11) is 0. The molecule has 1 amide bonds. The summed E-state index contributed by atoms with van der Waals surface area (Å²) >= 11 is 0. The molecule has 2 bridgehead atoms. The number of para-hydroxylation sites is 2. The highest BCUT2D eigenvalue weighted by atomic mass is 16.2. The van der Waals surface area contributed by atoms with E-state index in [0.717, 1.165) is 37.2 Å². The van der Waals surface area contributed by atoms with Gasteiger partial charge in [0.05, 0.1) is 11.0 Å². The van der Waals surface area contributed by atoms with Crippen LogP contribution in [0.15, 0.2) is 46.1 Å². The fourth-order valence-electron chi connectivity index (χ4n) is 7.00. The van der Waals surface area contributed by atoms with E-state index >= 15 is 0 Å². The normalized spacial score (nSPS) is 25.1. The molecule has 1 aromatic carbocycles. The summed E-state index contributed by atoms with van der Waals surface area (Å²) < 4.78 is 1.86. The smallest absolute Gasteiger partial charge is 0.277 e. The maximum atomic E-state index is 13.6. The van der Waals surface area contributed by atoms with Gasteiger partial charge in [-0.2, -0.15) is 0 Å². The molecule has 4 saturated heterocycles. The number of H-pyrrole nitrogens is 1. The number of nitrogens with two attached hydrogens (primary N) is 1. The number of carbonyl (C=O) groups is 1. The van der Waals surface area contributed by atoms with Crippen molar-refractivity contribution in [2.24, 2.45) is 5.73 Å². The van der Waals surface area contributed by atoms with Gasteiger partial charge in [0.25, 0.3) is 17.0 Å². The molecule has 2 unspecified atom stereocenters. The van der Waals surface area contributed by atoms with Gasteiger partial charge in [-0.05, 0) is 82.7 Å². The minimum Gasteiger partial charge on any atom is -0.365 e. The summed E-state index contributed by atoms with van der Waals surface area (Å²) in [6, 6.07) is 10.8. The second-order valence-corrected chi connectivity index (χ2v) is 11.2. The fraction of sp³-hybridized carbons (Fsp3) is 0.517. The lowest BCUT2D eigenvalue weighted by Gasteiger charge is -2.41. The van der Waals surface area contributed by atoms with Crippen molar-refractivity contribution in [3.05, 3.63) is 62.8 Å². The first kappa shape index (κ1) is 25.0. The molecule has 6 heterocycles. The highest BCUT2D eigenvalue weighted by molar-refractivity contribution is 5.93. The van der Waals surface area contributed by atoms with Crippen molar-refractivity contribution in [2.45, 2.75) is 82.0 Å². The highest BCUT2D eigenvalue weighted by Crippen LogP contribution is 2.34. The molecule has 0 spiro atoms. The predicted octanol–water partition coefficient (Wildman–Crippen LogP) is 2.94. The van der Waals surface area contributed by atoms with Gasteiger partial charge in [0.1, 0.15) is 11.3 Å². The zero-order chi connectivity index (χ0) is 26.2. The van der Waals surface area contributed by atoms with E-state index < -0.39 is 11.5 Å². The number of hydrogen-bond acceptors (Lipinski definition) is 6. The molecule has 3 aromatic rings. The summed E-state index contributed by atoms with van der Waals surface area (Å²) in [6.07, 6.45) is 12.6. The standard InChI is InChI=1S/C22H23N5O3.C7H13N/c23-20(28)16-8-12(11-24-21(16)29)19-22(30)27(18-7-2-1-6-17(18)26-19)15-9-13-4-3-5-14(10-15)25-13;1-3-7-4-2-6-8(7)5-1/h1-2,6-8,11,13-15,25H,3-5,9-10H2,(H2,23,28)(H,24,29);7H,1-6H2. The van der Waals surface area contributed by atoms with Crippen molar-refractivity contribution in [3.8, 4) is 11.3 Å². The van der Waals surface area contributed by atoms with Crippen molar-refractivity contribution >= 4 is 16.9 Å². The third kappa shape index (κ3) is 4.80. The average Bonchev–Trinajstić information content (AvgIpc) is 3.55. The van der Waals surface area contributed by atoms with Crippen LogP contribution in [0.3, 0.4) is 0 Å². The van der Waals surface area contributed by atoms with Gasteiger partial charge in [-0.3, -0.25) is 14.4 Å². The molecule has 2 aromatic heterocycles. The molecule has 9 nitrogen and oxygen atoms in total. The van der Waals surface area contributed by atoms with E-state index in [2.05, 4.69) is 20.2 Å². The predicted molar refractivity (Wildman–Crippen MR) is 147 cm³/mol. The molecule has 2 atom stereocenters. The quantitative estimate of drug-likeness (QED) is 0.491. The summed E-state index contributed by atoms with van der Waals surface area (Å²) in [5.74, 6) is -0.842. The Hall–Kier alpha value is -3.30. The number of benzene rings is 1. The van der Waals surface area contributed by atoms with E-state index in [-0.39, 0.29) is 22.9 Å². The number of amides is 1. The van der Waals surface area contributed by atoms with Crippen LogP contribution in [0.5, 0.6) is 0 Å². The van der Waals surface area contributed by atoms with Gasteiger partial charge in [0.15, 0.2) is 0 Å². The van der Waals surface area contributed by atoms with Gasteiger partial charge in [0.2, 0.25) is 0 Å². The maximum Gasteiger partial charge on any atom is 0.277 e. The van der Waals surface area contributed by atoms with Crippen LogP contribution in [0, 0.1) is 0 Å². The number of aromatic amines is 1. The maximum absolute atomic E-state index is 13.6. The van der Waals surface area contributed by atoms with Gasteiger partial charge < -0.3 is 25.5 Å². The number of carbonyl (C=O) groups excluding carboxylic acids is 1. The van der Waals surface area contributed by atoms with Crippen LogP contribution in [-0.4, -0.2) is 56.6 Å². The monoisotopic (exact) mass is 516 g/mol. The van der Waals surface area contributed by atoms with E-state index in [9.17, 15) is 14.4 Å². The van der Waals surface area contributed by atoms with Crippen molar-refractivity contribution in [1.29, 1.82) is 0 Å². The van der Waals surface area contributed by atoms with E-state index in [0.29, 0.717) is 23.2 Å². The summed E-state index contributed by atoms with van der Waals surface area (Å²) in [5, 5.41) is 3.67. The van der Waals surface area contributed by atoms with Crippen molar-refractivity contribution in [2.75, 3.05) is 13.1 Å². The molecule has 4 fully saturated rings. The van der Waals surface area contributed by atoms with Gasteiger partial charge in [-0.15, -0.1) is 0 Å². The average molecular weight is 517 g/mol. The Bertz CT molecular complexity index is 1430. The minimum absolute atomic E-state index is 0.0686. The van der Waals surface area contributed by atoms with Gasteiger partial charge in [-0.25, -0.2) is 4.98 Å². The Morgan fingerprint density at radius 2 is 1.66 bits per heavy atom. The van der Waals surface area contributed by atoms with Crippen LogP contribution < -0.4 is 22.2 Å². The zero-order valence-corrected chi connectivity index (χ0v) is 21.7. The second kappa shape index (κ2) is 10.5. The summed E-state index contributed by atoms with van der Waals surface area (Å²) in [5.41, 5.74) is 6.40. The number of nitrogens with zero attached hydrogens (tertiary/aromatic N) is 3. The molecule has 38 heavy (non-hydrogen) atoms. The Kier molecular flexibility index (Phi) is 6.88. The number of hydrogen-bond donors (Lipinski definition) is 3. The zero-order valence-electron chi connectivity index (χ0n) is 21.7. The molecule has 0 saturated carbocycles. The van der Waals surface area contributed by atoms with E-state index in [4.69, 9.17) is 5.73 Å². The van der Waals surface area contributed by atoms with Crippen LogP contribution in [0.4, 0.5) is 0 Å². The molecule has 0 radical (unpaired) electrons. The molecule has 0 aliphatic carbocycles. The second-order valence-electron chi connectivity index (χ2n) is 11.2. The number of pyridine rings is 1. The number of nitrogens with one attached hydrogen (secondary N) is 2. The Morgan fingerprint density at radius 1 is 0.947 bits per heavy atom. The Balaban J connectivity index is 0.000000279. The Morgan fingerprint density at radius 3 is 2.34 bits per heavy atom. The van der Waals surface area contributed by atoms with Crippen molar-refractivity contribution in [1.82, 2.24) is 24.8 Å². The van der Waals surface area contributed by atoms with E-state index in [1.807, 2.05) is 28.8 Å². The lowest BCUT2D eigenvalue weighted by atomic mass is 9.84. The summed E-state index contributed by atoms with van der Waals surface area (Å²) in [4.78, 5) is 46.9. The van der Waals surface area contributed by atoms with Crippen molar-refractivity contribution in [3.63, 3.8) is 0 Å². The van der Waals surface area contributed by atoms with Crippen LogP contribution in [0.2, 0.25) is 0 Å². The number of fused-ring (bicyclic) bond motifs is 4. The van der Waals surface area contributed by atoms with Crippen LogP contribution in [0.25, 0.3) is 22.3 Å². The molecule has 200 valence electrons. The lowest BCUT2D eigenvalue weighted by molar-refractivity contribution is 0.0999. The summed E-state index contributed by atoms with van der Waals surface area (Å²) in [6.45, 7) is 2.79. The molecule has 4 aliphatic heterocycles. The van der Waals surface area contributed by atoms with Crippen molar-refractivity contribution < 1.29 is 4.79 Å². The first-order valence-electron chi connectivity index (χ1n) is 14.0. The SMILES string of the molecule is C1CC2CCCN2C1.NC(=O)c1cc(-c2nc3ccccc3n(C3CC4CCCC(C3)N4)c2=O)c[nH]c1=O. The Labute approximate surface area is 221 Å².